The molecule has 1 atom stereocenters. The first kappa shape index (κ1) is 20.3. The van der Waals surface area contributed by atoms with Gasteiger partial charge in [0.1, 0.15) is 11.3 Å². The van der Waals surface area contributed by atoms with Crippen molar-refractivity contribution >= 4 is 28.3 Å². The number of anilines is 1. The number of thiazole rings is 1. The third kappa shape index (κ3) is 4.71. The van der Waals surface area contributed by atoms with Crippen molar-refractivity contribution in [1.82, 2.24) is 19.7 Å². The molecular weight excluding hydrogens is 392 g/mol. The summed E-state index contributed by atoms with van der Waals surface area (Å²) < 4.78 is 33.0. The number of ether oxygens (including phenoxy) is 1. The minimum absolute atomic E-state index is 0.0696. The molecule has 8 nitrogen and oxygen atoms in total. The molecule has 1 aliphatic heterocycles. The van der Waals surface area contributed by atoms with Crippen LogP contribution in [0, 0.1) is 5.92 Å². The van der Waals surface area contributed by atoms with Crippen molar-refractivity contribution in [2.24, 2.45) is 5.92 Å². The second-order valence-corrected chi connectivity index (χ2v) is 7.24. The lowest BCUT2D eigenvalue weighted by Gasteiger charge is -2.32. The molecule has 1 fully saturated rings. The van der Waals surface area contributed by atoms with E-state index >= 15 is 0 Å². The Morgan fingerprint density at radius 2 is 2.29 bits per heavy atom. The first-order chi connectivity index (χ1) is 13.5. The fourth-order valence-electron chi connectivity index (χ4n) is 3.18. The Balaban J connectivity index is 1.67. The van der Waals surface area contributed by atoms with E-state index in [1.807, 2.05) is 4.90 Å². The van der Waals surface area contributed by atoms with Gasteiger partial charge in [-0.1, -0.05) is 0 Å². The molecule has 0 aliphatic carbocycles. The van der Waals surface area contributed by atoms with E-state index in [4.69, 9.17) is 4.74 Å². The average molecular weight is 413 g/mol. The van der Waals surface area contributed by atoms with E-state index in [0.717, 1.165) is 17.3 Å². The van der Waals surface area contributed by atoms with E-state index in [1.54, 1.807) is 18.5 Å². The minimum atomic E-state index is -2.87. The lowest BCUT2D eigenvalue weighted by Crippen LogP contribution is -2.41. The van der Waals surface area contributed by atoms with Gasteiger partial charge in [0.05, 0.1) is 25.4 Å². The van der Waals surface area contributed by atoms with Gasteiger partial charge in [-0.15, -0.1) is 11.3 Å². The molecule has 3 heterocycles. The SMILES string of the molecule is CCOC(=O)c1cnn(CN2CCCC(C(=O)Nc3nccs3)C2)c1C(F)F. The van der Waals surface area contributed by atoms with Crippen LogP contribution in [-0.4, -0.2) is 51.2 Å². The highest BCUT2D eigenvalue weighted by molar-refractivity contribution is 7.13. The summed E-state index contributed by atoms with van der Waals surface area (Å²) in [5.41, 5.74) is -0.695. The van der Waals surface area contributed by atoms with Gasteiger partial charge in [-0.3, -0.25) is 9.69 Å². The summed E-state index contributed by atoms with van der Waals surface area (Å²) in [6, 6.07) is 0. The minimum Gasteiger partial charge on any atom is -0.462 e. The number of alkyl halides is 2. The predicted octanol–water partition coefficient (Wildman–Crippen LogP) is 2.76. The molecule has 1 amide bonds. The molecule has 11 heteroatoms. The van der Waals surface area contributed by atoms with Crippen LogP contribution in [0.4, 0.5) is 13.9 Å². The molecular formula is C17H21F2N5O3S. The molecule has 1 aliphatic rings. The predicted molar refractivity (Wildman–Crippen MR) is 98.2 cm³/mol. The summed E-state index contributed by atoms with van der Waals surface area (Å²) in [7, 11) is 0. The standard InChI is InChI=1S/C17H21F2N5O3S/c1-2-27-16(26)12-8-21-24(13(12)14(18)19)10-23-6-3-4-11(9-23)15(25)22-17-20-5-7-28-17/h5,7-8,11,14H,2-4,6,9-10H2,1H3,(H,20,22,25). The molecule has 0 bridgehead atoms. The number of hydrogen-bond donors (Lipinski definition) is 1. The molecule has 3 rings (SSSR count). The number of carbonyl (C=O) groups excluding carboxylic acids is 2. The zero-order valence-electron chi connectivity index (χ0n) is 15.3. The quantitative estimate of drug-likeness (QED) is 0.702. The Morgan fingerprint density at radius 3 is 2.96 bits per heavy atom. The molecule has 0 aromatic carbocycles. The van der Waals surface area contributed by atoms with Crippen LogP contribution < -0.4 is 5.32 Å². The monoisotopic (exact) mass is 413 g/mol. The second kappa shape index (κ2) is 9.20. The Labute approximate surface area is 164 Å². The summed E-state index contributed by atoms with van der Waals surface area (Å²) in [4.78, 5) is 30.2. The summed E-state index contributed by atoms with van der Waals surface area (Å²) >= 11 is 1.34. The number of aromatic nitrogens is 3. The van der Waals surface area contributed by atoms with Gasteiger partial charge < -0.3 is 10.1 Å². The Morgan fingerprint density at radius 1 is 1.46 bits per heavy atom. The van der Waals surface area contributed by atoms with Crippen LogP contribution in [0.15, 0.2) is 17.8 Å². The first-order valence-electron chi connectivity index (χ1n) is 8.93. The highest BCUT2D eigenvalue weighted by Crippen LogP contribution is 2.25. The molecule has 28 heavy (non-hydrogen) atoms. The van der Waals surface area contributed by atoms with Gasteiger partial charge in [-0.25, -0.2) is 23.2 Å². The molecule has 152 valence electrons. The maximum absolute atomic E-state index is 13.5. The van der Waals surface area contributed by atoms with Crippen LogP contribution in [0.5, 0.6) is 0 Å². The van der Waals surface area contributed by atoms with Crippen LogP contribution in [-0.2, 0) is 16.2 Å². The lowest BCUT2D eigenvalue weighted by atomic mass is 9.97. The van der Waals surface area contributed by atoms with E-state index in [-0.39, 0.29) is 30.7 Å². The number of hydrogen-bond acceptors (Lipinski definition) is 7. The number of nitrogens with zero attached hydrogens (tertiary/aromatic N) is 4. The van der Waals surface area contributed by atoms with Gasteiger partial charge in [0.2, 0.25) is 5.91 Å². The topological polar surface area (TPSA) is 89.4 Å². The van der Waals surface area contributed by atoms with Crippen LogP contribution in [0.25, 0.3) is 0 Å². The maximum Gasteiger partial charge on any atom is 0.341 e. The number of piperidine rings is 1. The van der Waals surface area contributed by atoms with Crippen molar-refractivity contribution in [3.63, 3.8) is 0 Å². The number of likely N-dealkylation sites (tertiary alicyclic amines) is 1. The van der Waals surface area contributed by atoms with Gasteiger partial charge in [-0.2, -0.15) is 5.10 Å². The zero-order valence-corrected chi connectivity index (χ0v) is 16.1. The third-order valence-corrected chi connectivity index (χ3v) is 5.14. The van der Waals surface area contributed by atoms with Crippen LogP contribution in [0.1, 0.15) is 42.2 Å². The number of nitrogens with one attached hydrogen (secondary N) is 1. The van der Waals surface area contributed by atoms with E-state index in [0.29, 0.717) is 24.6 Å². The van der Waals surface area contributed by atoms with E-state index in [1.165, 1.54) is 11.3 Å². The van der Waals surface area contributed by atoms with Gasteiger partial charge in [0, 0.05) is 18.1 Å². The molecule has 1 N–H and O–H groups in total. The molecule has 2 aromatic heterocycles. The highest BCUT2D eigenvalue weighted by atomic mass is 32.1. The zero-order chi connectivity index (χ0) is 20.1. The first-order valence-corrected chi connectivity index (χ1v) is 9.81. The average Bonchev–Trinajstić information content (AvgIpc) is 3.32. The fraction of sp³-hybridized carbons (Fsp3) is 0.529. The molecule has 2 aromatic rings. The Kier molecular flexibility index (Phi) is 6.68. The van der Waals surface area contributed by atoms with Crippen molar-refractivity contribution < 1.29 is 23.1 Å². The van der Waals surface area contributed by atoms with Crippen molar-refractivity contribution in [2.75, 3.05) is 25.0 Å². The maximum atomic E-state index is 13.5. The van der Waals surface area contributed by atoms with E-state index < -0.39 is 18.1 Å². The smallest absolute Gasteiger partial charge is 0.341 e. The highest BCUT2D eigenvalue weighted by Gasteiger charge is 2.29. The second-order valence-electron chi connectivity index (χ2n) is 6.35. The largest absolute Gasteiger partial charge is 0.462 e. The number of rotatable bonds is 7. The van der Waals surface area contributed by atoms with Crippen molar-refractivity contribution in [2.45, 2.75) is 32.9 Å². The van der Waals surface area contributed by atoms with Crippen LogP contribution in [0.3, 0.4) is 0 Å². The van der Waals surface area contributed by atoms with Gasteiger partial charge in [0.25, 0.3) is 6.43 Å². The van der Waals surface area contributed by atoms with Crippen LogP contribution in [0.2, 0.25) is 0 Å². The summed E-state index contributed by atoms with van der Waals surface area (Å²) in [6.07, 6.45) is 1.32. The normalized spacial score (nSPS) is 17.6. The van der Waals surface area contributed by atoms with Gasteiger partial charge >= 0.3 is 5.97 Å². The number of halogens is 2. The van der Waals surface area contributed by atoms with Crippen LogP contribution >= 0.6 is 11.3 Å². The summed E-state index contributed by atoms with van der Waals surface area (Å²) in [6.45, 7) is 2.83. The molecule has 1 saturated heterocycles. The Hall–Kier alpha value is -2.40. The number of amides is 1. The van der Waals surface area contributed by atoms with E-state index in [9.17, 15) is 18.4 Å². The molecule has 0 spiro atoms. The Bertz CT molecular complexity index is 812. The van der Waals surface area contributed by atoms with Crippen molar-refractivity contribution in [3.05, 3.63) is 29.0 Å². The molecule has 0 saturated carbocycles. The van der Waals surface area contributed by atoms with Gasteiger partial charge in [-0.05, 0) is 26.3 Å². The lowest BCUT2D eigenvalue weighted by molar-refractivity contribution is -0.121. The van der Waals surface area contributed by atoms with Crippen molar-refractivity contribution in [3.8, 4) is 0 Å². The summed E-state index contributed by atoms with van der Waals surface area (Å²) in [5.74, 6) is -1.22. The molecule has 0 radical (unpaired) electrons. The van der Waals surface area contributed by atoms with Crippen molar-refractivity contribution in [1.29, 1.82) is 0 Å². The number of carbonyl (C=O) groups is 2. The summed E-state index contributed by atoms with van der Waals surface area (Å²) in [5, 5.41) is 9.03. The van der Waals surface area contributed by atoms with Gasteiger partial charge in [0.15, 0.2) is 5.13 Å². The van der Waals surface area contributed by atoms with E-state index in [2.05, 4.69) is 15.4 Å². The molecule has 1 unspecified atom stereocenters. The number of esters is 1. The fourth-order valence-corrected chi connectivity index (χ4v) is 3.72. The third-order valence-electron chi connectivity index (χ3n) is 4.46.